The van der Waals surface area contributed by atoms with Crippen LogP contribution in [0.5, 0.6) is 0 Å². The van der Waals surface area contributed by atoms with Crippen molar-refractivity contribution in [3.05, 3.63) is 64.3 Å². The van der Waals surface area contributed by atoms with Gasteiger partial charge in [0, 0.05) is 56.2 Å². The van der Waals surface area contributed by atoms with Gasteiger partial charge >= 0.3 is 0 Å². The van der Waals surface area contributed by atoms with Crippen LogP contribution < -0.4 is 5.32 Å². The number of hydrogen-bond donors (Lipinski definition) is 2. The van der Waals surface area contributed by atoms with Gasteiger partial charge in [-0.1, -0.05) is 78.3 Å². The van der Waals surface area contributed by atoms with Crippen LogP contribution in [0.15, 0.2) is 47.4 Å². The first kappa shape index (κ1) is 27.6. The molecule has 6 heteroatoms. The van der Waals surface area contributed by atoms with E-state index < -0.39 is 5.41 Å². The lowest BCUT2D eigenvalue weighted by atomic mass is 9.86. The number of nitrogens with one attached hydrogen (secondary N) is 1. The third-order valence-electron chi connectivity index (χ3n) is 6.09. The fraction of sp³-hybridized carbons (Fsp3) is 0.483. The molecule has 2 aromatic carbocycles. The first-order valence-electron chi connectivity index (χ1n) is 12.3. The molecule has 0 fully saturated rings. The third-order valence-corrected chi connectivity index (χ3v) is 7.62. The van der Waals surface area contributed by atoms with Gasteiger partial charge in [0.05, 0.1) is 6.61 Å². The number of rotatable bonds is 9. The molecule has 1 amide bonds. The van der Waals surface area contributed by atoms with Gasteiger partial charge < -0.3 is 15.0 Å². The second-order valence-corrected chi connectivity index (χ2v) is 13.4. The van der Waals surface area contributed by atoms with Crippen LogP contribution in [0.4, 0.5) is 0 Å². The molecule has 0 aliphatic heterocycles. The van der Waals surface area contributed by atoms with Gasteiger partial charge in [-0.3, -0.25) is 4.79 Å². The lowest BCUT2D eigenvalue weighted by molar-refractivity contribution is -0.129. The zero-order chi connectivity index (χ0) is 26.0. The number of carbonyl (C=O) groups excluding carboxylic acids is 1. The van der Waals surface area contributed by atoms with Gasteiger partial charge in [0.2, 0.25) is 5.91 Å². The van der Waals surface area contributed by atoms with E-state index in [0.29, 0.717) is 18.9 Å². The van der Waals surface area contributed by atoms with Crippen molar-refractivity contribution >= 4 is 40.2 Å². The van der Waals surface area contributed by atoms with Gasteiger partial charge in [-0.15, -0.1) is 11.8 Å². The number of aromatic nitrogens is 1. The zero-order valence-corrected chi connectivity index (χ0v) is 23.6. The molecule has 0 aliphatic carbocycles. The van der Waals surface area contributed by atoms with Crippen molar-refractivity contribution < 1.29 is 9.90 Å². The molecule has 35 heavy (non-hydrogen) atoms. The Morgan fingerprint density at radius 2 is 1.74 bits per heavy atom. The van der Waals surface area contributed by atoms with E-state index in [0.717, 1.165) is 10.6 Å². The summed E-state index contributed by atoms with van der Waals surface area (Å²) in [5, 5.41) is 14.0. The van der Waals surface area contributed by atoms with E-state index in [2.05, 4.69) is 74.8 Å². The van der Waals surface area contributed by atoms with E-state index in [9.17, 15) is 9.90 Å². The van der Waals surface area contributed by atoms with Crippen molar-refractivity contribution in [3.8, 4) is 0 Å². The maximum Gasteiger partial charge on any atom is 0.226 e. The number of fused-ring (bicyclic) bond motifs is 1. The highest BCUT2D eigenvalue weighted by atomic mass is 35.5. The molecular formula is C29H39ClN2O2S. The van der Waals surface area contributed by atoms with Crippen molar-refractivity contribution in [2.45, 2.75) is 77.0 Å². The number of hydrogen-bond acceptors (Lipinski definition) is 3. The highest BCUT2D eigenvalue weighted by Gasteiger charge is 2.32. The van der Waals surface area contributed by atoms with Crippen LogP contribution in [0.25, 0.3) is 10.9 Å². The summed E-state index contributed by atoms with van der Waals surface area (Å²) >= 11 is 8.02. The fourth-order valence-corrected chi connectivity index (χ4v) is 5.52. The third kappa shape index (κ3) is 6.84. The Morgan fingerprint density at radius 1 is 1.09 bits per heavy atom. The average Bonchev–Trinajstić information content (AvgIpc) is 3.03. The van der Waals surface area contributed by atoms with Crippen molar-refractivity contribution in [2.24, 2.45) is 5.41 Å². The molecule has 2 N–H and O–H groups in total. The molecule has 190 valence electrons. The predicted molar refractivity (Wildman–Crippen MR) is 150 cm³/mol. The van der Waals surface area contributed by atoms with Crippen LogP contribution >= 0.6 is 23.4 Å². The lowest BCUT2D eigenvalue weighted by Crippen LogP contribution is -2.40. The molecular weight excluding hydrogens is 476 g/mol. The predicted octanol–water partition coefficient (Wildman–Crippen LogP) is 7.03. The van der Waals surface area contributed by atoms with Crippen molar-refractivity contribution in [1.82, 2.24) is 9.88 Å². The van der Waals surface area contributed by atoms with E-state index in [-0.39, 0.29) is 23.8 Å². The number of halogens is 1. The Balaban J connectivity index is 2.23. The Hall–Kier alpha value is -1.95. The number of benzene rings is 2. The lowest BCUT2D eigenvalue weighted by Gasteiger charge is -2.26. The molecule has 0 saturated carbocycles. The molecule has 3 rings (SSSR count). The number of aliphatic hydroxyl groups is 1. The number of aliphatic hydroxyl groups excluding tert-OH is 1. The van der Waals surface area contributed by atoms with E-state index in [1.54, 1.807) is 0 Å². The summed E-state index contributed by atoms with van der Waals surface area (Å²) < 4.78 is 2.38. The fourth-order valence-electron chi connectivity index (χ4n) is 4.21. The van der Waals surface area contributed by atoms with Crippen LogP contribution in [-0.2, 0) is 17.8 Å². The van der Waals surface area contributed by atoms with Gasteiger partial charge in [0.15, 0.2) is 0 Å². The van der Waals surface area contributed by atoms with Crippen molar-refractivity contribution in [3.63, 3.8) is 0 Å². The Morgan fingerprint density at radius 3 is 2.31 bits per heavy atom. The summed E-state index contributed by atoms with van der Waals surface area (Å²) in [7, 11) is 0. The first-order valence-corrected chi connectivity index (χ1v) is 13.5. The molecule has 1 aromatic heterocycles. The molecule has 0 unspecified atom stereocenters. The Labute approximate surface area is 219 Å². The van der Waals surface area contributed by atoms with E-state index in [1.165, 1.54) is 27.1 Å². The van der Waals surface area contributed by atoms with Gasteiger partial charge in [0.1, 0.15) is 0 Å². The maximum absolute atomic E-state index is 13.0. The zero-order valence-electron chi connectivity index (χ0n) is 22.0. The molecule has 0 aliphatic rings. The van der Waals surface area contributed by atoms with Gasteiger partial charge in [0.25, 0.3) is 0 Å². The van der Waals surface area contributed by atoms with Crippen LogP contribution in [0.2, 0.25) is 5.02 Å². The molecule has 1 heterocycles. The van der Waals surface area contributed by atoms with Crippen LogP contribution in [0.1, 0.15) is 71.2 Å². The summed E-state index contributed by atoms with van der Waals surface area (Å²) in [5.74, 6) is 0.375. The quantitative estimate of drug-likeness (QED) is 0.301. The van der Waals surface area contributed by atoms with E-state index in [1.807, 2.05) is 37.7 Å². The Kier molecular flexibility index (Phi) is 8.67. The number of amides is 1. The van der Waals surface area contributed by atoms with Gasteiger partial charge in [-0.25, -0.2) is 0 Å². The van der Waals surface area contributed by atoms with Crippen LogP contribution in [0.3, 0.4) is 0 Å². The summed E-state index contributed by atoms with van der Waals surface area (Å²) in [6, 6.07) is 14.8. The molecule has 0 bridgehead atoms. The molecule has 0 spiro atoms. The molecule has 4 nitrogen and oxygen atoms in total. The summed E-state index contributed by atoms with van der Waals surface area (Å²) in [6.45, 7) is 16.0. The maximum atomic E-state index is 13.0. The van der Waals surface area contributed by atoms with Gasteiger partial charge in [-0.05, 0) is 41.3 Å². The summed E-state index contributed by atoms with van der Waals surface area (Å²) in [6.07, 6.45) is 0.585. The van der Waals surface area contributed by atoms with Crippen LogP contribution in [-0.4, -0.2) is 33.5 Å². The molecule has 3 aromatic rings. The van der Waals surface area contributed by atoms with Gasteiger partial charge in [-0.2, -0.15) is 0 Å². The summed E-state index contributed by atoms with van der Waals surface area (Å²) in [5.41, 5.74) is 4.17. The second kappa shape index (κ2) is 11.0. The minimum absolute atomic E-state index is 0.00522. The van der Waals surface area contributed by atoms with Crippen molar-refractivity contribution in [2.75, 3.05) is 13.2 Å². The van der Waals surface area contributed by atoms with Crippen molar-refractivity contribution in [1.29, 1.82) is 0 Å². The SMILES string of the molecule is CC(C)c1ccc2c(c1)c(SC(C)(C)C)c(CC(C)(C)C(=O)NCCO)n2Cc1ccc(Cl)cc1. The molecule has 0 saturated heterocycles. The Bertz CT molecular complexity index is 1170. The summed E-state index contributed by atoms with van der Waals surface area (Å²) in [4.78, 5) is 14.3. The normalized spacial score (nSPS) is 12.5. The molecule has 0 radical (unpaired) electrons. The standard InChI is InChI=1S/C29H39ClN2O2S/c1-19(2)21-10-13-24-23(16-21)26(35-28(3,4)5)25(17-29(6,7)27(34)31-14-15-33)32(24)18-20-8-11-22(30)12-9-20/h8-13,16,19,33H,14-15,17-18H2,1-7H3,(H,31,34). The highest BCUT2D eigenvalue weighted by Crippen LogP contribution is 2.44. The van der Waals surface area contributed by atoms with E-state index in [4.69, 9.17) is 11.6 Å². The first-order chi connectivity index (χ1) is 16.3. The second-order valence-electron chi connectivity index (χ2n) is 11.2. The number of carbonyl (C=O) groups is 1. The largest absolute Gasteiger partial charge is 0.395 e. The average molecular weight is 515 g/mol. The van der Waals surface area contributed by atoms with E-state index >= 15 is 0 Å². The monoisotopic (exact) mass is 514 g/mol. The van der Waals surface area contributed by atoms with Crippen LogP contribution in [0, 0.1) is 5.41 Å². The number of nitrogens with zero attached hydrogens (tertiary/aromatic N) is 1. The topological polar surface area (TPSA) is 54.3 Å². The highest BCUT2D eigenvalue weighted by molar-refractivity contribution is 8.00. The minimum Gasteiger partial charge on any atom is -0.395 e. The smallest absolute Gasteiger partial charge is 0.226 e. The minimum atomic E-state index is -0.643. The number of thioether (sulfide) groups is 1. The molecule has 0 atom stereocenters.